The van der Waals surface area contributed by atoms with Crippen LogP contribution in [0.1, 0.15) is 27.7 Å². The van der Waals surface area contributed by atoms with Crippen molar-refractivity contribution < 1.29 is 0 Å². The van der Waals surface area contributed by atoms with E-state index in [0.29, 0.717) is 5.92 Å². The molecule has 2 nitrogen and oxygen atoms in total. The average molecular weight is 168 g/mol. The second-order valence-electron chi connectivity index (χ2n) is 4.69. The van der Waals surface area contributed by atoms with E-state index in [-0.39, 0.29) is 11.5 Å². The second-order valence-corrected chi connectivity index (χ2v) is 4.69. The largest absolute Gasteiger partial charge is 0.294 e. The summed E-state index contributed by atoms with van der Waals surface area (Å²) in [6.45, 7) is 8.65. The number of rotatable bonds is 2. The van der Waals surface area contributed by atoms with Gasteiger partial charge in [-0.1, -0.05) is 27.7 Å². The van der Waals surface area contributed by atoms with Gasteiger partial charge in [-0.15, -0.1) is 0 Å². The van der Waals surface area contributed by atoms with Gasteiger partial charge < -0.3 is 0 Å². The molecule has 2 atom stereocenters. The zero-order valence-electron chi connectivity index (χ0n) is 9.05. The van der Waals surface area contributed by atoms with Gasteiger partial charge in [0, 0.05) is 0 Å². The fourth-order valence-corrected chi connectivity index (χ4v) is 1.15. The van der Waals surface area contributed by atoms with Gasteiger partial charge in [0.15, 0.2) is 0 Å². The van der Waals surface area contributed by atoms with Gasteiger partial charge in [0.25, 0.3) is 0 Å². The molecule has 2 unspecified atom stereocenters. The first-order chi connectivity index (χ1) is 5.30. The minimum absolute atomic E-state index is 0.0185. The van der Waals surface area contributed by atoms with Gasteiger partial charge in [-0.3, -0.25) is 4.90 Å². The summed E-state index contributed by atoms with van der Waals surface area (Å²) in [5, 5.41) is 8.94. The van der Waals surface area contributed by atoms with E-state index >= 15 is 0 Å². The Hall–Kier alpha value is -0.550. The lowest BCUT2D eigenvalue weighted by atomic mass is 9.77. The molecule has 0 spiro atoms. The van der Waals surface area contributed by atoms with E-state index in [2.05, 4.69) is 33.8 Å². The average Bonchev–Trinajstić information content (AvgIpc) is 1.86. The van der Waals surface area contributed by atoms with Crippen LogP contribution < -0.4 is 0 Å². The Labute approximate surface area is 76.2 Å². The SMILES string of the molecule is CC(C(C#N)N(C)C)C(C)(C)C. The third-order valence-electron chi connectivity index (χ3n) is 2.53. The molecule has 0 aliphatic heterocycles. The molecule has 0 fully saturated rings. The summed E-state index contributed by atoms with van der Waals surface area (Å²) in [5.74, 6) is 0.387. The van der Waals surface area contributed by atoms with Crippen LogP contribution in [0.2, 0.25) is 0 Å². The van der Waals surface area contributed by atoms with Crippen molar-refractivity contribution in [3.63, 3.8) is 0 Å². The highest BCUT2D eigenvalue weighted by atomic mass is 15.1. The summed E-state index contributed by atoms with van der Waals surface area (Å²) >= 11 is 0. The van der Waals surface area contributed by atoms with Crippen molar-refractivity contribution in [2.24, 2.45) is 11.3 Å². The molecule has 0 rings (SSSR count). The predicted octanol–water partition coefficient (Wildman–Crippen LogP) is 2.12. The minimum atomic E-state index is 0.0185. The topological polar surface area (TPSA) is 27.0 Å². The van der Waals surface area contributed by atoms with Crippen LogP contribution in [0.3, 0.4) is 0 Å². The van der Waals surface area contributed by atoms with E-state index in [1.807, 2.05) is 19.0 Å². The quantitative estimate of drug-likeness (QED) is 0.631. The maximum Gasteiger partial charge on any atom is 0.100 e. The highest BCUT2D eigenvalue weighted by molar-refractivity contribution is 4.96. The number of nitriles is 1. The Morgan fingerprint density at radius 3 is 1.75 bits per heavy atom. The van der Waals surface area contributed by atoms with E-state index < -0.39 is 0 Å². The van der Waals surface area contributed by atoms with Crippen LogP contribution >= 0.6 is 0 Å². The minimum Gasteiger partial charge on any atom is -0.294 e. The van der Waals surface area contributed by atoms with Crippen molar-refractivity contribution in [1.29, 1.82) is 5.26 Å². The zero-order chi connectivity index (χ0) is 9.94. The number of nitrogens with zero attached hydrogens (tertiary/aromatic N) is 2. The molecule has 0 aliphatic rings. The highest BCUT2D eigenvalue weighted by Gasteiger charge is 2.29. The van der Waals surface area contributed by atoms with Crippen molar-refractivity contribution in [3.8, 4) is 6.07 Å². The summed E-state index contributed by atoms with van der Waals surface area (Å²) in [6.07, 6.45) is 0. The van der Waals surface area contributed by atoms with Crippen molar-refractivity contribution in [2.45, 2.75) is 33.7 Å². The van der Waals surface area contributed by atoms with Crippen molar-refractivity contribution in [2.75, 3.05) is 14.1 Å². The molecule has 0 heterocycles. The molecule has 0 saturated heterocycles. The first-order valence-corrected chi connectivity index (χ1v) is 4.36. The lowest BCUT2D eigenvalue weighted by Crippen LogP contribution is -2.38. The molecule has 0 N–H and O–H groups in total. The molecular formula is C10H20N2. The van der Waals surface area contributed by atoms with E-state index in [1.165, 1.54) is 0 Å². The van der Waals surface area contributed by atoms with E-state index in [1.54, 1.807) is 0 Å². The standard InChI is InChI=1S/C10H20N2/c1-8(10(2,3)4)9(7-11)12(5)6/h8-9H,1-6H3. The van der Waals surface area contributed by atoms with Crippen LogP contribution in [0.25, 0.3) is 0 Å². The molecule has 0 saturated carbocycles. The molecule has 0 aromatic carbocycles. The lowest BCUT2D eigenvalue weighted by molar-refractivity contribution is 0.160. The summed E-state index contributed by atoms with van der Waals surface area (Å²) in [4.78, 5) is 1.98. The van der Waals surface area contributed by atoms with E-state index in [9.17, 15) is 0 Å². The Kier molecular flexibility index (Phi) is 3.73. The molecule has 12 heavy (non-hydrogen) atoms. The predicted molar refractivity (Wildman–Crippen MR) is 51.7 cm³/mol. The van der Waals surface area contributed by atoms with Gasteiger partial charge in [-0.05, 0) is 25.4 Å². The van der Waals surface area contributed by atoms with Crippen molar-refractivity contribution >= 4 is 0 Å². The molecule has 0 aromatic heterocycles. The fraction of sp³-hybridized carbons (Fsp3) is 0.900. The molecular weight excluding hydrogens is 148 g/mol. The molecule has 70 valence electrons. The van der Waals surface area contributed by atoms with Crippen LogP contribution in [0, 0.1) is 22.7 Å². The van der Waals surface area contributed by atoms with E-state index in [0.717, 1.165) is 0 Å². The maximum atomic E-state index is 8.94. The Balaban J connectivity index is 4.46. The first-order valence-electron chi connectivity index (χ1n) is 4.36. The summed E-state index contributed by atoms with van der Waals surface area (Å²) in [6, 6.07) is 2.35. The van der Waals surface area contributed by atoms with Crippen LogP contribution in [-0.4, -0.2) is 25.0 Å². The zero-order valence-corrected chi connectivity index (χ0v) is 9.05. The highest BCUT2D eigenvalue weighted by Crippen LogP contribution is 2.29. The number of hydrogen-bond acceptors (Lipinski definition) is 2. The van der Waals surface area contributed by atoms with Crippen LogP contribution in [0.5, 0.6) is 0 Å². The Bertz CT molecular complexity index is 171. The summed E-state index contributed by atoms with van der Waals surface area (Å²) < 4.78 is 0. The van der Waals surface area contributed by atoms with Crippen molar-refractivity contribution in [3.05, 3.63) is 0 Å². The molecule has 0 radical (unpaired) electrons. The van der Waals surface area contributed by atoms with Crippen molar-refractivity contribution in [1.82, 2.24) is 4.90 Å². The maximum absolute atomic E-state index is 8.94. The van der Waals surface area contributed by atoms with Crippen LogP contribution in [0.4, 0.5) is 0 Å². The normalized spacial score (nSPS) is 17.2. The molecule has 0 amide bonds. The monoisotopic (exact) mass is 168 g/mol. The molecule has 0 bridgehead atoms. The van der Waals surface area contributed by atoms with Gasteiger partial charge >= 0.3 is 0 Å². The van der Waals surface area contributed by atoms with E-state index in [4.69, 9.17) is 5.26 Å². The molecule has 2 heteroatoms. The van der Waals surface area contributed by atoms with Crippen LogP contribution in [-0.2, 0) is 0 Å². The third kappa shape index (κ3) is 2.83. The van der Waals surface area contributed by atoms with Gasteiger partial charge in [0.1, 0.15) is 6.04 Å². The Morgan fingerprint density at radius 1 is 1.25 bits per heavy atom. The first kappa shape index (κ1) is 11.4. The van der Waals surface area contributed by atoms with Gasteiger partial charge in [-0.25, -0.2) is 0 Å². The Morgan fingerprint density at radius 2 is 1.67 bits per heavy atom. The second kappa shape index (κ2) is 3.91. The smallest absolute Gasteiger partial charge is 0.100 e. The van der Waals surface area contributed by atoms with Gasteiger partial charge in [0.05, 0.1) is 6.07 Å². The van der Waals surface area contributed by atoms with Crippen LogP contribution in [0.15, 0.2) is 0 Å². The van der Waals surface area contributed by atoms with Gasteiger partial charge in [-0.2, -0.15) is 5.26 Å². The molecule has 0 aliphatic carbocycles. The summed E-state index contributed by atoms with van der Waals surface area (Å²) in [5.41, 5.74) is 0.199. The third-order valence-corrected chi connectivity index (χ3v) is 2.53. The summed E-state index contributed by atoms with van der Waals surface area (Å²) in [7, 11) is 3.91. The number of hydrogen-bond donors (Lipinski definition) is 0. The molecule has 0 aromatic rings. The van der Waals surface area contributed by atoms with Gasteiger partial charge in [0.2, 0.25) is 0 Å². The lowest BCUT2D eigenvalue weighted by Gasteiger charge is -2.33. The fourth-order valence-electron chi connectivity index (χ4n) is 1.15.